The molecule has 6 nitrogen and oxygen atoms in total. The molecule has 0 saturated heterocycles. The molecule has 7 heteroatoms. The van der Waals surface area contributed by atoms with Gasteiger partial charge >= 0.3 is 11.9 Å². The third-order valence-corrected chi connectivity index (χ3v) is 1.12. The Morgan fingerprint density at radius 2 is 1.80 bits per heavy atom. The minimum Gasteiger partial charge on any atom is -0.473 e. The van der Waals surface area contributed by atoms with Crippen molar-refractivity contribution in [3.05, 3.63) is 30.1 Å². The molecule has 0 atom stereocenters. The molecule has 0 aliphatic carbocycles. The number of pyridine rings is 1. The van der Waals surface area contributed by atoms with Gasteiger partial charge < -0.3 is 15.9 Å². The van der Waals surface area contributed by atoms with E-state index in [1.807, 2.05) is 18.2 Å². The van der Waals surface area contributed by atoms with Crippen LogP contribution < -0.4 is 5.73 Å². The van der Waals surface area contributed by atoms with E-state index in [0.29, 0.717) is 6.54 Å². The fourth-order valence-electron chi connectivity index (χ4n) is 0.519. The zero-order valence-electron chi connectivity index (χ0n) is 7.57. The summed E-state index contributed by atoms with van der Waals surface area (Å²) in [7, 11) is 0. The van der Waals surface area contributed by atoms with E-state index in [1.54, 1.807) is 6.20 Å². The number of rotatable bonds is 1. The maximum atomic E-state index is 9.10. The summed E-state index contributed by atoms with van der Waals surface area (Å²) < 4.78 is 0. The second kappa shape index (κ2) is 9.30. The van der Waals surface area contributed by atoms with E-state index in [-0.39, 0.29) is 21.1 Å². The maximum Gasteiger partial charge on any atom is 0.414 e. The zero-order valence-corrected chi connectivity index (χ0v) is 9.84. The molecule has 0 radical (unpaired) electrons. The Kier molecular flexibility index (Phi) is 10.0. The minimum absolute atomic E-state index is 0. The predicted molar refractivity (Wildman–Crippen MR) is 47.4 cm³/mol. The van der Waals surface area contributed by atoms with Crippen LogP contribution in [0.1, 0.15) is 5.69 Å². The summed E-state index contributed by atoms with van der Waals surface area (Å²) in [6, 6.07) is 5.70. The van der Waals surface area contributed by atoms with E-state index >= 15 is 0 Å². The first-order valence-electron chi connectivity index (χ1n) is 3.64. The molecule has 0 bridgehead atoms. The summed E-state index contributed by atoms with van der Waals surface area (Å²) in [5.74, 6) is -3.65. The standard InChI is InChI=1S/C6H8N2.C2H2O4.Pt/c7-5-6-3-1-2-4-8-6;3-1(4)2(5)6;/h1-4H,5,7H2;(H,3,4)(H,5,6);. The molecule has 0 saturated carbocycles. The van der Waals surface area contributed by atoms with E-state index in [1.165, 1.54) is 0 Å². The molecule has 1 heterocycles. The quantitative estimate of drug-likeness (QED) is 0.565. The van der Waals surface area contributed by atoms with Gasteiger partial charge in [0.1, 0.15) is 0 Å². The first-order valence-corrected chi connectivity index (χ1v) is 3.64. The van der Waals surface area contributed by atoms with E-state index in [4.69, 9.17) is 25.5 Å². The Bertz CT molecular complexity index is 293. The van der Waals surface area contributed by atoms with E-state index < -0.39 is 11.9 Å². The van der Waals surface area contributed by atoms with Gasteiger partial charge in [-0.3, -0.25) is 4.98 Å². The molecule has 4 N–H and O–H groups in total. The van der Waals surface area contributed by atoms with Gasteiger partial charge in [0.05, 0.1) is 5.69 Å². The number of aromatic nitrogens is 1. The predicted octanol–water partition coefficient (Wildman–Crippen LogP) is -0.307. The van der Waals surface area contributed by atoms with Crippen LogP contribution in [-0.2, 0) is 37.2 Å². The number of hydrogen-bond acceptors (Lipinski definition) is 4. The second-order valence-corrected chi connectivity index (χ2v) is 2.14. The van der Waals surface area contributed by atoms with Gasteiger partial charge in [0.2, 0.25) is 0 Å². The average Bonchev–Trinajstić information content (AvgIpc) is 2.20. The van der Waals surface area contributed by atoms with Crippen LogP contribution in [0.15, 0.2) is 24.4 Å². The van der Waals surface area contributed by atoms with Crippen LogP contribution in [-0.4, -0.2) is 27.1 Å². The van der Waals surface area contributed by atoms with Gasteiger partial charge in [-0.1, -0.05) is 6.07 Å². The maximum absolute atomic E-state index is 9.10. The van der Waals surface area contributed by atoms with Crippen LogP contribution in [0.4, 0.5) is 0 Å². The van der Waals surface area contributed by atoms with Crippen LogP contribution >= 0.6 is 0 Å². The van der Waals surface area contributed by atoms with Crippen LogP contribution in [0.2, 0.25) is 0 Å². The van der Waals surface area contributed by atoms with Crippen LogP contribution in [0.25, 0.3) is 0 Å². The van der Waals surface area contributed by atoms with Gasteiger partial charge in [-0.2, -0.15) is 0 Å². The topological polar surface area (TPSA) is 114 Å². The first kappa shape index (κ1) is 16.2. The van der Waals surface area contributed by atoms with Crippen molar-refractivity contribution in [1.29, 1.82) is 0 Å². The SMILES string of the molecule is NCc1ccccn1.O=C(O)C(=O)O.[Pt]. The second-order valence-electron chi connectivity index (χ2n) is 2.14. The van der Waals surface area contributed by atoms with Gasteiger partial charge in [-0.05, 0) is 12.1 Å². The van der Waals surface area contributed by atoms with E-state index in [2.05, 4.69) is 4.98 Å². The molecule has 0 fully saturated rings. The fourth-order valence-corrected chi connectivity index (χ4v) is 0.519. The Hall–Kier alpha value is -1.26. The molecule has 1 rings (SSSR count). The van der Waals surface area contributed by atoms with Crippen molar-refractivity contribution >= 4 is 11.9 Å². The Balaban J connectivity index is 0. The molecule has 1 aromatic rings. The van der Waals surface area contributed by atoms with Crippen LogP contribution in [0.3, 0.4) is 0 Å². The number of carboxylic acid groups (broad SMARTS) is 2. The Labute approximate surface area is 100 Å². The molecule has 0 unspecified atom stereocenters. The summed E-state index contributed by atoms with van der Waals surface area (Å²) >= 11 is 0. The smallest absolute Gasteiger partial charge is 0.414 e. The number of aliphatic carboxylic acids is 2. The Morgan fingerprint density at radius 1 is 1.27 bits per heavy atom. The van der Waals surface area contributed by atoms with Crippen molar-refractivity contribution in [1.82, 2.24) is 4.98 Å². The number of nitrogens with two attached hydrogens (primary N) is 1. The van der Waals surface area contributed by atoms with Crippen molar-refractivity contribution in [2.75, 3.05) is 0 Å². The molecular formula is C8H10N2O4Pt. The van der Waals surface area contributed by atoms with Gasteiger partial charge in [-0.25, -0.2) is 9.59 Å². The third-order valence-electron chi connectivity index (χ3n) is 1.12. The van der Waals surface area contributed by atoms with Crippen molar-refractivity contribution in [2.45, 2.75) is 6.54 Å². The largest absolute Gasteiger partial charge is 0.473 e. The summed E-state index contributed by atoms with van der Waals surface area (Å²) in [5.41, 5.74) is 6.22. The van der Waals surface area contributed by atoms with Crippen molar-refractivity contribution in [3.8, 4) is 0 Å². The Morgan fingerprint density at radius 3 is 2.00 bits per heavy atom. The van der Waals surface area contributed by atoms with Crippen molar-refractivity contribution in [3.63, 3.8) is 0 Å². The van der Waals surface area contributed by atoms with Gasteiger partial charge in [0.15, 0.2) is 0 Å². The number of carbonyl (C=O) groups is 2. The normalized spacial score (nSPS) is 7.80. The molecule has 1 aromatic heterocycles. The van der Waals surface area contributed by atoms with Gasteiger partial charge in [-0.15, -0.1) is 0 Å². The fraction of sp³-hybridized carbons (Fsp3) is 0.125. The minimum atomic E-state index is -1.82. The summed E-state index contributed by atoms with van der Waals surface area (Å²) in [6.45, 7) is 0.529. The molecule has 86 valence electrons. The van der Waals surface area contributed by atoms with E-state index in [0.717, 1.165) is 5.69 Å². The number of carboxylic acids is 2. The molecule has 0 aliphatic rings. The number of hydrogen-bond donors (Lipinski definition) is 3. The van der Waals surface area contributed by atoms with Gasteiger partial charge in [0, 0.05) is 33.8 Å². The molecule has 0 spiro atoms. The molecule has 0 aliphatic heterocycles. The van der Waals surface area contributed by atoms with Crippen LogP contribution in [0, 0.1) is 0 Å². The van der Waals surface area contributed by atoms with Crippen LogP contribution in [0.5, 0.6) is 0 Å². The molecule has 0 amide bonds. The van der Waals surface area contributed by atoms with E-state index in [9.17, 15) is 0 Å². The summed E-state index contributed by atoms with van der Waals surface area (Å²) in [5, 5.41) is 14.8. The van der Waals surface area contributed by atoms with Gasteiger partial charge in [0.25, 0.3) is 0 Å². The zero-order chi connectivity index (χ0) is 11.0. The molecule has 15 heavy (non-hydrogen) atoms. The molecular weight excluding hydrogens is 383 g/mol. The number of nitrogens with zero attached hydrogens (tertiary/aromatic N) is 1. The third kappa shape index (κ3) is 9.05. The average molecular weight is 393 g/mol. The first-order chi connectivity index (χ1) is 6.57. The summed E-state index contributed by atoms with van der Waals surface area (Å²) in [4.78, 5) is 22.2. The summed E-state index contributed by atoms with van der Waals surface area (Å²) in [6.07, 6.45) is 1.74. The van der Waals surface area contributed by atoms with Crippen molar-refractivity contribution < 1.29 is 40.9 Å². The van der Waals surface area contributed by atoms with Crippen molar-refractivity contribution in [2.24, 2.45) is 5.73 Å². The monoisotopic (exact) mass is 393 g/mol. The molecule has 0 aromatic carbocycles.